The van der Waals surface area contributed by atoms with Crippen LogP contribution in [0.4, 0.5) is 0 Å². The molecule has 0 amide bonds. The van der Waals surface area contributed by atoms with Crippen molar-refractivity contribution in [2.75, 3.05) is 39.4 Å². The molecule has 1 aliphatic heterocycles. The van der Waals surface area contributed by atoms with E-state index in [0.717, 1.165) is 37.6 Å². The van der Waals surface area contributed by atoms with Gasteiger partial charge in [0.2, 0.25) is 0 Å². The zero-order valence-corrected chi connectivity index (χ0v) is 21.7. The van der Waals surface area contributed by atoms with Gasteiger partial charge in [0, 0.05) is 37.6 Å². The lowest BCUT2D eigenvalue weighted by Crippen LogP contribution is -2.44. The number of esters is 2. The Bertz CT molecular complexity index is 855. The van der Waals surface area contributed by atoms with Gasteiger partial charge in [0.1, 0.15) is 11.1 Å². The molecule has 0 unspecified atom stereocenters. The molecule has 8 heteroatoms. The maximum Gasteiger partial charge on any atom is 0.342 e. The van der Waals surface area contributed by atoms with Crippen molar-refractivity contribution in [3.8, 4) is 0 Å². The van der Waals surface area contributed by atoms with E-state index < -0.39 is 11.9 Å². The minimum Gasteiger partial charge on any atom is -0.462 e. The molecule has 0 radical (unpaired) electrons. The average molecular weight is 475 g/mol. The molecule has 1 rings (SSSR count). The first kappa shape index (κ1) is 28.9. The van der Waals surface area contributed by atoms with Crippen LogP contribution in [0, 0.1) is 0 Å². The minimum absolute atomic E-state index is 0.0729. The summed E-state index contributed by atoms with van der Waals surface area (Å²) in [5, 5.41) is 0. The van der Waals surface area contributed by atoms with Crippen molar-refractivity contribution in [3.63, 3.8) is 0 Å². The lowest BCUT2D eigenvalue weighted by molar-refractivity contribution is -0.141. The van der Waals surface area contributed by atoms with Crippen molar-refractivity contribution in [1.82, 2.24) is 9.80 Å². The van der Waals surface area contributed by atoms with E-state index in [2.05, 4.69) is 9.80 Å². The maximum atomic E-state index is 12.1. The van der Waals surface area contributed by atoms with E-state index in [0.29, 0.717) is 11.1 Å². The third kappa shape index (κ3) is 8.01. The van der Waals surface area contributed by atoms with Crippen LogP contribution in [0.2, 0.25) is 0 Å². The molecule has 1 heterocycles. The summed E-state index contributed by atoms with van der Waals surface area (Å²) in [6.07, 6.45) is 3.69. The van der Waals surface area contributed by atoms with Crippen LogP contribution in [0.3, 0.4) is 0 Å². The zero-order chi connectivity index (χ0) is 26.0. The summed E-state index contributed by atoms with van der Waals surface area (Å²) in [5.41, 5.74) is 3.22. The molecular weight excluding hydrogens is 436 g/mol. The topological polar surface area (TPSA) is 93.2 Å². The Kier molecular flexibility index (Phi) is 11.5. The molecule has 34 heavy (non-hydrogen) atoms. The number of piperazine rings is 1. The van der Waals surface area contributed by atoms with E-state index in [1.165, 1.54) is 13.8 Å². The summed E-state index contributed by atoms with van der Waals surface area (Å²) >= 11 is 0. The van der Waals surface area contributed by atoms with Crippen molar-refractivity contribution in [3.05, 3.63) is 45.8 Å². The van der Waals surface area contributed by atoms with Gasteiger partial charge in [-0.25, -0.2) is 9.59 Å². The van der Waals surface area contributed by atoms with Crippen LogP contribution < -0.4 is 0 Å². The van der Waals surface area contributed by atoms with Gasteiger partial charge in [0.15, 0.2) is 11.6 Å². The van der Waals surface area contributed by atoms with E-state index in [4.69, 9.17) is 9.47 Å². The highest BCUT2D eigenvalue weighted by atomic mass is 16.5. The number of Topliss-reactive ketones (excluding diaryl/α,β-unsaturated/α-hetero) is 2. The molecule has 1 fully saturated rings. The molecule has 0 aliphatic carbocycles. The Morgan fingerprint density at radius 1 is 0.618 bits per heavy atom. The van der Waals surface area contributed by atoms with Gasteiger partial charge in [-0.05, 0) is 78.7 Å². The number of ether oxygens (including phenoxy) is 2. The maximum absolute atomic E-state index is 12.1. The molecule has 1 aliphatic rings. The molecule has 0 atom stereocenters. The van der Waals surface area contributed by atoms with Gasteiger partial charge in [-0.1, -0.05) is 0 Å². The predicted molar refractivity (Wildman–Crippen MR) is 131 cm³/mol. The second kappa shape index (κ2) is 13.5. The second-order valence-corrected chi connectivity index (χ2v) is 8.21. The lowest BCUT2D eigenvalue weighted by atomic mass is 10.0. The number of rotatable bonds is 10. The Morgan fingerprint density at radius 3 is 1.15 bits per heavy atom. The first-order valence-electron chi connectivity index (χ1n) is 11.6. The molecule has 0 aromatic heterocycles. The highest BCUT2D eigenvalue weighted by Crippen LogP contribution is 2.19. The number of carbonyl (C=O) groups excluding carboxylic acids is 4. The highest BCUT2D eigenvalue weighted by molar-refractivity contribution is 6.17. The molecule has 188 valence electrons. The quantitative estimate of drug-likeness (QED) is 0.156. The third-order valence-corrected chi connectivity index (χ3v) is 5.58. The third-order valence-electron chi connectivity index (χ3n) is 5.58. The van der Waals surface area contributed by atoms with Crippen LogP contribution in [-0.4, -0.2) is 72.7 Å². The van der Waals surface area contributed by atoms with E-state index in [1.807, 2.05) is 26.0 Å². The fourth-order valence-corrected chi connectivity index (χ4v) is 3.94. The summed E-state index contributed by atoms with van der Waals surface area (Å²) in [6.45, 7) is 16.9. The summed E-state index contributed by atoms with van der Waals surface area (Å²) in [6, 6.07) is 0. The van der Waals surface area contributed by atoms with Gasteiger partial charge in [-0.2, -0.15) is 0 Å². The number of hydrogen-bond acceptors (Lipinski definition) is 8. The van der Waals surface area contributed by atoms with Gasteiger partial charge in [0.25, 0.3) is 0 Å². The smallest absolute Gasteiger partial charge is 0.342 e. The van der Waals surface area contributed by atoms with Crippen molar-refractivity contribution in [2.24, 2.45) is 0 Å². The van der Waals surface area contributed by atoms with Crippen LogP contribution in [0.25, 0.3) is 0 Å². The summed E-state index contributed by atoms with van der Waals surface area (Å²) < 4.78 is 10.0. The molecule has 0 spiro atoms. The lowest BCUT2D eigenvalue weighted by Gasteiger charge is -2.38. The van der Waals surface area contributed by atoms with Crippen LogP contribution in [0.5, 0.6) is 0 Å². The van der Waals surface area contributed by atoms with Gasteiger partial charge < -0.3 is 19.3 Å². The molecule has 0 aromatic rings. The first-order chi connectivity index (χ1) is 15.9. The number of allylic oxidation sites excluding steroid dienone is 6. The summed E-state index contributed by atoms with van der Waals surface area (Å²) in [4.78, 5) is 52.6. The van der Waals surface area contributed by atoms with Crippen LogP contribution >= 0.6 is 0 Å². The Morgan fingerprint density at radius 2 is 0.912 bits per heavy atom. The summed E-state index contributed by atoms with van der Waals surface area (Å²) in [7, 11) is 0. The van der Waals surface area contributed by atoms with Crippen molar-refractivity contribution < 1.29 is 28.7 Å². The Labute approximate surface area is 202 Å². The number of nitrogens with zero attached hydrogens (tertiary/aromatic N) is 2. The van der Waals surface area contributed by atoms with Crippen LogP contribution in [-0.2, 0) is 28.7 Å². The van der Waals surface area contributed by atoms with Crippen LogP contribution in [0.1, 0.15) is 55.4 Å². The van der Waals surface area contributed by atoms with Gasteiger partial charge >= 0.3 is 11.9 Å². The molecule has 0 aromatic carbocycles. The van der Waals surface area contributed by atoms with E-state index in [-0.39, 0.29) is 35.9 Å². The molecular formula is C26H38N2O6. The minimum atomic E-state index is -0.599. The zero-order valence-electron chi connectivity index (χ0n) is 21.7. The van der Waals surface area contributed by atoms with Crippen molar-refractivity contribution in [1.29, 1.82) is 0 Å². The first-order valence-corrected chi connectivity index (χ1v) is 11.6. The van der Waals surface area contributed by atoms with Crippen molar-refractivity contribution >= 4 is 23.5 Å². The number of carbonyl (C=O) groups is 4. The van der Waals surface area contributed by atoms with Crippen molar-refractivity contribution in [2.45, 2.75) is 55.4 Å². The number of hydrogen-bond donors (Lipinski definition) is 0. The fraction of sp³-hybridized carbons (Fsp3) is 0.538. The van der Waals surface area contributed by atoms with Crippen LogP contribution in [0.15, 0.2) is 45.8 Å². The SMILES string of the molecule is CCOC(=O)C(C(C)=O)=C(C)C=C(C)N1CCN(C(C)=CC(C)=C(C(C)=O)C(=O)OCC)CC1. The molecule has 0 saturated carbocycles. The molecule has 1 saturated heterocycles. The second-order valence-electron chi connectivity index (χ2n) is 8.21. The predicted octanol–water partition coefficient (Wildman–Crippen LogP) is 3.35. The van der Waals surface area contributed by atoms with Gasteiger partial charge in [-0.15, -0.1) is 0 Å². The Hall–Kier alpha value is -3.16. The standard InChI is InChI=1S/C26H38N2O6/c1-9-33-25(31)23(21(7)29)17(3)15-19(5)27-11-13-28(14-12-27)20(6)16-18(4)24(22(8)30)26(32)34-10-2/h15-16H,9-14H2,1-8H3. The summed E-state index contributed by atoms with van der Waals surface area (Å²) in [5.74, 6) is -1.83. The average Bonchev–Trinajstić information content (AvgIpc) is 2.73. The monoisotopic (exact) mass is 474 g/mol. The van der Waals surface area contributed by atoms with E-state index in [9.17, 15) is 19.2 Å². The van der Waals surface area contributed by atoms with Gasteiger partial charge in [-0.3, -0.25) is 9.59 Å². The molecule has 0 bridgehead atoms. The number of ketones is 2. The molecule has 0 N–H and O–H groups in total. The van der Waals surface area contributed by atoms with E-state index >= 15 is 0 Å². The normalized spacial score (nSPS) is 16.5. The highest BCUT2D eigenvalue weighted by Gasteiger charge is 2.22. The Balaban J connectivity index is 2.99. The largest absolute Gasteiger partial charge is 0.462 e. The van der Waals surface area contributed by atoms with E-state index in [1.54, 1.807) is 27.7 Å². The van der Waals surface area contributed by atoms with Gasteiger partial charge in [0.05, 0.1) is 13.2 Å². The molecule has 8 nitrogen and oxygen atoms in total. The fourth-order valence-electron chi connectivity index (χ4n) is 3.94.